The summed E-state index contributed by atoms with van der Waals surface area (Å²) in [5.41, 5.74) is 5.05. The fourth-order valence-corrected chi connectivity index (χ4v) is 2.68. The van der Waals surface area contributed by atoms with E-state index in [2.05, 4.69) is 22.6 Å². The molecular weight excluding hydrogens is 259 g/mol. The third-order valence-corrected chi connectivity index (χ3v) is 3.79. The predicted molar refractivity (Wildman–Crippen MR) is 78.0 cm³/mol. The van der Waals surface area contributed by atoms with E-state index >= 15 is 0 Å². The molecule has 2 nitrogen and oxygen atoms in total. The Kier molecular flexibility index (Phi) is 5.05. The van der Waals surface area contributed by atoms with Crippen molar-refractivity contribution >= 4 is 11.3 Å². The van der Waals surface area contributed by atoms with Gasteiger partial charge in [0.25, 0.3) is 0 Å². The van der Waals surface area contributed by atoms with Gasteiger partial charge in [0.15, 0.2) is 0 Å². The lowest BCUT2D eigenvalue weighted by atomic mass is 9.99. The second kappa shape index (κ2) is 6.78. The van der Waals surface area contributed by atoms with E-state index in [1.807, 2.05) is 18.5 Å². The van der Waals surface area contributed by atoms with Crippen LogP contribution < -0.4 is 5.32 Å². The zero-order chi connectivity index (χ0) is 13.7. The Morgan fingerprint density at radius 2 is 2.26 bits per heavy atom. The zero-order valence-electron chi connectivity index (χ0n) is 11.3. The van der Waals surface area contributed by atoms with E-state index in [9.17, 15) is 4.39 Å². The van der Waals surface area contributed by atoms with Crippen molar-refractivity contribution in [2.45, 2.75) is 32.7 Å². The molecular formula is C15H19FN2S. The van der Waals surface area contributed by atoms with E-state index in [4.69, 9.17) is 0 Å². The number of nitrogens with zero attached hydrogens (tertiary/aromatic N) is 1. The highest BCUT2D eigenvalue weighted by Gasteiger charge is 2.15. The SMILES string of the molecule is CCCNC(Cc1cc(F)ccc1C)c1cscn1. The minimum absolute atomic E-state index is 0.159. The molecule has 1 heterocycles. The molecule has 1 atom stereocenters. The fourth-order valence-electron chi connectivity index (χ4n) is 2.07. The third kappa shape index (κ3) is 3.85. The Bertz CT molecular complexity index is 511. The maximum Gasteiger partial charge on any atom is 0.123 e. The van der Waals surface area contributed by atoms with Crippen molar-refractivity contribution in [1.82, 2.24) is 10.3 Å². The summed E-state index contributed by atoms with van der Waals surface area (Å²) < 4.78 is 13.4. The summed E-state index contributed by atoms with van der Waals surface area (Å²) in [6, 6.07) is 5.13. The van der Waals surface area contributed by atoms with E-state index in [0.29, 0.717) is 0 Å². The monoisotopic (exact) mass is 278 g/mol. The van der Waals surface area contributed by atoms with Gasteiger partial charge in [-0.05, 0) is 49.6 Å². The number of thiazole rings is 1. The van der Waals surface area contributed by atoms with Crippen molar-refractivity contribution in [2.24, 2.45) is 0 Å². The topological polar surface area (TPSA) is 24.9 Å². The summed E-state index contributed by atoms with van der Waals surface area (Å²) in [5.74, 6) is -0.173. The number of aryl methyl sites for hydroxylation is 1. The van der Waals surface area contributed by atoms with E-state index in [1.54, 1.807) is 17.4 Å². The largest absolute Gasteiger partial charge is 0.308 e. The number of rotatable bonds is 6. The van der Waals surface area contributed by atoms with Crippen LogP contribution in [0.15, 0.2) is 29.1 Å². The zero-order valence-corrected chi connectivity index (χ0v) is 12.1. The van der Waals surface area contributed by atoms with Crippen LogP contribution in [0.4, 0.5) is 4.39 Å². The normalized spacial score (nSPS) is 12.6. The van der Waals surface area contributed by atoms with Gasteiger partial charge in [-0.1, -0.05) is 13.0 Å². The minimum Gasteiger partial charge on any atom is -0.308 e. The Labute approximate surface area is 117 Å². The maximum atomic E-state index is 13.4. The summed E-state index contributed by atoms with van der Waals surface area (Å²) in [6.45, 7) is 5.10. The Morgan fingerprint density at radius 3 is 2.95 bits per heavy atom. The van der Waals surface area contributed by atoms with E-state index in [1.165, 1.54) is 6.07 Å². The molecule has 2 rings (SSSR count). The molecule has 4 heteroatoms. The Morgan fingerprint density at radius 1 is 1.42 bits per heavy atom. The number of nitrogens with one attached hydrogen (secondary N) is 1. The summed E-state index contributed by atoms with van der Waals surface area (Å²) in [6.07, 6.45) is 1.84. The standard InChI is InChI=1S/C15H19FN2S/c1-3-6-17-14(15-9-19-10-18-15)8-12-7-13(16)5-4-11(12)2/h4-5,7,9-10,14,17H,3,6,8H2,1-2H3. The van der Waals surface area contributed by atoms with Gasteiger partial charge in [0.05, 0.1) is 17.2 Å². The molecule has 0 saturated carbocycles. The van der Waals surface area contributed by atoms with E-state index in [0.717, 1.165) is 36.2 Å². The average Bonchev–Trinajstić information content (AvgIpc) is 2.92. The van der Waals surface area contributed by atoms with Crippen molar-refractivity contribution in [3.8, 4) is 0 Å². The van der Waals surface area contributed by atoms with Crippen LogP contribution in [-0.2, 0) is 6.42 Å². The van der Waals surface area contributed by atoms with Gasteiger partial charge < -0.3 is 5.32 Å². The van der Waals surface area contributed by atoms with E-state index in [-0.39, 0.29) is 11.9 Å². The van der Waals surface area contributed by atoms with Crippen LogP contribution in [0.2, 0.25) is 0 Å². The number of benzene rings is 1. The number of halogens is 1. The van der Waals surface area contributed by atoms with Crippen molar-refractivity contribution in [1.29, 1.82) is 0 Å². The van der Waals surface area contributed by atoms with Crippen molar-refractivity contribution in [3.05, 3.63) is 51.7 Å². The maximum absolute atomic E-state index is 13.4. The molecule has 1 aromatic heterocycles. The van der Waals surface area contributed by atoms with Crippen LogP contribution in [0, 0.1) is 12.7 Å². The van der Waals surface area contributed by atoms with Gasteiger partial charge in [-0.2, -0.15) is 0 Å². The minimum atomic E-state index is -0.173. The van der Waals surface area contributed by atoms with Crippen LogP contribution in [0.1, 0.15) is 36.2 Å². The molecule has 1 aromatic carbocycles. The quantitative estimate of drug-likeness (QED) is 0.867. The van der Waals surface area contributed by atoms with E-state index < -0.39 is 0 Å². The van der Waals surface area contributed by atoms with Gasteiger partial charge in [0.1, 0.15) is 5.82 Å². The molecule has 0 saturated heterocycles. The molecule has 0 aliphatic heterocycles. The lowest BCUT2D eigenvalue weighted by Gasteiger charge is -2.18. The van der Waals surface area contributed by atoms with Gasteiger partial charge in [0.2, 0.25) is 0 Å². The van der Waals surface area contributed by atoms with Gasteiger partial charge in [-0.15, -0.1) is 11.3 Å². The molecule has 0 bridgehead atoms. The molecule has 0 amide bonds. The lowest BCUT2D eigenvalue weighted by molar-refractivity contribution is 0.517. The van der Waals surface area contributed by atoms with Crippen molar-refractivity contribution in [2.75, 3.05) is 6.54 Å². The predicted octanol–water partition coefficient (Wildman–Crippen LogP) is 3.87. The van der Waals surface area contributed by atoms with Crippen LogP contribution in [-0.4, -0.2) is 11.5 Å². The van der Waals surface area contributed by atoms with Crippen LogP contribution in [0.3, 0.4) is 0 Å². The molecule has 0 radical (unpaired) electrons. The van der Waals surface area contributed by atoms with Gasteiger partial charge in [-0.3, -0.25) is 0 Å². The van der Waals surface area contributed by atoms with Gasteiger partial charge in [-0.25, -0.2) is 9.37 Å². The molecule has 1 unspecified atom stereocenters. The van der Waals surface area contributed by atoms with Crippen molar-refractivity contribution in [3.63, 3.8) is 0 Å². The van der Waals surface area contributed by atoms with Crippen LogP contribution >= 0.6 is 11.3 Å². The van der Waals surface area contributed by atoms with Crippen LogP contribution in [0.25, 0.3) is 0 Å². The molecule has 0 fully saturated rings. The highest BCUT2D eigenvalue weighted by atomic mass is 32.1. The number of hydrogen-bond acceptors (Lipinski definition) is 3. The first-order chi connectivity index (χ1) is 9.20. The first kappa shape index (κ1) is 14.2. The average molecular weight is 278 g/mol. The summed E-state index contributed by atoms with van der Waals surface area (Å²) >= 11 is 1.59. The molecule has 1 N–H and O–H groups in total. The van der Waals surface area contributed by atoms with Crippen LogP contribution in [0.5, 0.6) is 0 Å². The molecule has 2 aromatic rings. The third-order valence-electron chi connectivity index (χ3n) is 3.18. The molecule has 19 heavy (non-hydrogen) atoms. The summed E-state index contributed by atoms with van der Waals surface area (Å²) in [4.78, 5) is 4.38. The summed E-state index contributed by atoms with van der Waals surface area (Å²) in [5, 5.41) is 5.55. The smallest absolute Gasteiger partial charge is 0.123 e. The second-order valence-corrected chi connectivity index (χ2v) is 5.41. The Balaban J connectivity index is 2.17. The fraction of sp³-hybridized carbons (Fsp3) is 0.400. The molecule has 0 spiro atoms. The molecule has 102 valence electrons. The molecule has 0 aliphatic carbocycles. The lowest BCUT2D eigenvalue weighted by Crippen LogP contribution is -2.24. The number of aromatic nitrogens is 1. The number of hydrogen-bond donors (Lipinski definition) is 1. The highest BCUT2D eigenvalue weighted by Crippen LogP contribution is 2.21. The first-order valence-electron chi connectivity index (χ1n) is 6.57. The molecule has 0 aliphatic rings. The Hall–Kier alpha value is -1.26. The van der Waals surface area contributed by atoms with Gasteiger partial charge >= 0.3 is 0 Å². The summed E-state index contributed by atoms with van der Waals surface area (Å²) in [7, 11) is 0. The second-order valence-electron chi connectivity index (χ2n) is 4.69. The van der Waals surface area contributed by atoms with Crippen molar-refractivity contribution < 1.29 is 4.39 Å². The first-order valence-corrected chi connectivity index (χ1v) is 7.51. The van der Waals surface area contributed by atoms with Gasteiger partial charge in [0, 0.05) is 5.38 Å². The highest BCUT2D eigenvalue weighted by molar-refractivity contribution is 7.07.